The third kappa shape index (κ3) is 4.47. The van der Waals surface area contributed by atoms with Gasteiger partial charge in [-0.15, -0.1) is 0 Å². The normalized spacial score (nSPS) is 10.5. The van der Waals surface area contributed by atoms with Gasteiger partial charge in [0.05, 0.1) is 0 Å². The summed E-state index contributed by atoms with van der Waals surface area (Å²) >= 11 is 0. The third-order valence-electron chi connectivity index (χ3n) is 3.92. The summed E-state index contributed by atoms with van der Waals surface area (Å²) in [7, 11) is 0. The molecule has 134 valence electrons. The molecule has 0 saturated carbocycles. The highest BCUT2D eigenvalue weighted by Gasteiger charge is 2.10. The van der Waals surface area contributed by atoms with Crippen molar-refractivity contribution in [2.75, 3.05) is 13.2 Å². The van der Waals surface area contributed by atoms with Crippen molar-refractivity contribution in [3.8, 4) is 17.1 Å². The lowest BCUT2D eigenvalue weighted by Gasteiger charge is -2.11. The molecule has 6 heteroatoms. The van der Waals surface area contributed by atoms with E-state index < -0.39 is 0 Å². The summed E-state index contributed by atoms with van der Waals surface area (Å²) in [6.45, 7) is 4.30. The first kappa shape index (κ1) is 17.7. The lowest BCUT2D eigenvalue weighted by atomic mass is 10.1. The highest BCUT2D eigenvalue weighted by molar-refractivity contribution is 5.77. The van der Waals surface area contributed by atoms with Gasteiger partial charge in [-0.1, -0.05) is 53.7 Å². The Morgan fingerprint density at radius 1 is 1.08 bits per heavy atom. The fraction of sp³-hybridized carbons (Fsp3) is 0.250. The fourth-order valence-electron chi connectivity index (χ4n) is 2.59. The summed E-state index contributed by atoms with van der Waals surface area (Å²) in [5, 5.41) is 6.75. The quantitative estimate of drug-likeness (QED) is 0.708. The molecule has 0 aliphatic rings. The SMILES string of the molecule is Cc1cccc(C)c1OCC(=O)NCCc1nc(-c2ccccc2)no1. The molecule has 0 aliphatic carbocycles. The number of nitrogens with zero attached hydrogens (tertiary/aromatic N) is 2. The second-order valence-electron chi connectivity index (χ2n) is 5.99. The van der Waals surface area contributed by atoms with Gasteiger partial charge in [-0.05, 0) is 25.0 Å². The van der Waals surface area contributed by atoms with Crippen molar-refractivity contribution in [3.63, 3.8) is 0 Å². The molecule has 1 heterocycles. The molecule has 0 saturated heterocycles. The molecule has 0 radical (unpaired) electrons. The number of ether oxygens (including phenoxy) is 1. The van der Waals surface area contributed by atoms with Crippen LogP contribution in [0.2, 0.25) is 0 Å². The summed E-state index contributed by atoms with van der Waals surface area (Å²) in [6.07, 6.45) is 0.467. The standard InChI is InChI=1S/C20H21N3O3/c1-14-7-6-8-15(2)19(14)25-13-17(24)21-12-11-18-22-20(23-26-18)16-9-4-3-5-10-16/h3-10H,11-13H2,1-2H3,(H,21,24). The van der Waals surface area contributed by atoms with Crippen LogP contribution in [0.15, 0.2) is 53.1 Å². The van der Waals surface area contributed by atoms with Gasteiger partial charge >= 0.3 is 0 Å². The minimum absolute atomic E-state index is 0.0230. The van der Waals surface area contributed by atoms with E-state index in [1.807, 2.05) is 62.4 Å². The molecule has 0 bridgehead atoms. The Morgan fingerprint density at radius 3 is 2.54 bits per heavy atom. The zero-order chi connectivity index (χ0) is 18.4. The second kappa shape index (κ2) is 8.29. The van der Waals surface area contributed by atoms with E-state index in [2.05, 4.69) is 15.5 Å². The highest BCUT2D eigenvalue weighted by atomic mass is 16.5. The Hall–Kier alpha value is -3.15. The van der Waals surface area contributed by atoms with Crippen molar-refractivity contribution in [2.45, 2.75) is 20.3 Å². The van der Waals surface area contributed by atoms with Crippen molar-refractivity contribution in [3.05, 3.63) is 65.5 Å². The molecule has 0 aliphatic heterocycles. The Balaban J connectivity index is 1.45. The third-order valence-corrected chi connectivity index (χ3v) is 3.92. The Bertz CT molecular complexity index is 855. The second-order valence-corrected chi connectivity index (χ2v) is 5.99. The number of aryl methyl sites for hydroxylation is 2. The van der Waals surface area contributed by atoms with Crippen LogP contribution in [0, 0.1) is 13.8 Å². The molecule has 1 amide bonds. The van der Waals surface area contributed by atoms with Crippen LogP contribution in [-0.2, 0) is 11.2 Å². The van der Waals surface area contributed by atoms with E-state index in [1.54, 1.807) is 0 Å². The number of para-hydroxylation sites is 1. The van der Waals surface area contributed by atoms with Gasteiger partial charge in [-0.2, -0.15) is 4.98 Å². The number of aromatic nitrogens is 2. The zero-order valence-corrected chi connectivity index (χ0v) is 14.9. The van der Waals surface area contributed by atoms with Crippen LogP contribution in [-0.4, -0.2) is 29.2 Å². The van der Waals surface area contributed by atoms with Crippen LogP contribution < -0.4 is 10.1 Å². The van der Waals surface area contributed by atoms with Gasteiger partial charge < -0.3 is 14.6 Å². The van der Waals surface area contributed by atoms with Crippen LogP contribution in [0.4, 0.5) is 0 Å². The number of hydrogen-bond donors (Lipinski definition) is 1. The van der Waals surface area contributed by atoms with E-state index >= 15 is 0 Å². The Kier molecular flexibility index (Phi) is 5.63. The van der Waals surface area contributed by atoms with Gasteiger partial charge in [0.25, 0.3) is 5.91 Å². The van der Waals surface area contributed by atoms with Crippen LogP contribution in [0.1, 0.15) is 17.0 Å². The van der Waals surface area contributed by atoms with E-state index in [0.717, 1.165) is 22.4 Å². The molecular weight excluding hydrogens is 330 g/mol. The lowest BCUT2D eigenvalue weighted by molar-refractivity contribution is -0.123. The predicted octanol–water partition coefficient (Wildman–Crippen LogP) is 3.09. The topological polar surface area (TPSA) is 77.2 Å². The first-order valence-corrected chi connectivity index (χ1v) is 8.47. The summed E-state index contributed by atoms with van der Waals surface area (Å²) in [5.74, 6) is 1.60. The number of nitrogens with one attached hydrogen (secondary N) is 1. The average molecular weight is 351 g/mol. The largest absolute Gasteiger partial charge is 0.483 e. The summed E-state index contributed by atoms with van der Waals surface area (Å²) in [5.41, 5.74) is 2.92. The van der Waals surface area contributed by atoms with E-state index in [0.29, 0.717) is 24.7 Å². The number of amides is 1. The van der Waals surface area contributed by atoms with Crippen LogP contribution in [0.5, 0.6) is 5.75 Å². The zero-order valence-electron chi connectivity index (χ0n) is 14.9. The van der Waals surface area contributed by atoms with Crippen molar-refractivity contribution in [1.29, 1.82) is 0 Å². The van der Waals surface area contributed by atoms with E-state index in [4.69, 9.17) is 9.26 Å². The molecule has 1 aromatic heterocycles. The molecule has 0 spiro atoms. The van der Waals surface area contributed by atoms with E-state index in [-0.39, 0.29) is 12.5 Å². The van der Waals surface area contributed by atoms with Gasteiger partial charge in [-0.25, -0.2) is 0 Å². The summed E-state index contributed by atoms with van der Waals surface area (Å²) < 4.78 is 10.8. The molecular formula is C20H21N3O3. The van der Waals surface area contributed by atoms with Gasteiger partial charge in [0.15, 0.2) is 6.61 Å². The van der Waals surface area contributed by atoms with E-state index in [9.17, 15) is 4.79 Å². The molecule has 1 N–H and O–H groups in total. The number of carbonyl (C=O) groups excluding carboxylic acids is 1. The van der Waals surface area contributed by atoms with E-state index in [1.165, 1.54) is 0 Å². The van der Waals surface area contributed by atoms with Crippen molar-refractivity contribution in [2.24, 2.45) is 0 Å². The molecule has 0 fully saturated rings. The van der Waals surface area contributed by atoms with Crippen LogP contribution >= 0.6 is 0 Å². The van der Waals surface area contributed by atoms with Gasteiger partial charge in [0.2, 0.25) is 11.7 Å². The smallest absolute Gasteiger partial charge is 0.257 e. The minimum Gasteiger partial charge on any atom is -0.483 e. The minimum atomic E-state index is -0.185. The summed E-state index contributed by atoms with van der Waals surface area (Å²) in [6, 6.07) is 15.5. The first-order chi connectivity index (χ1) is 12.6. The number of benzene rings is 2. The Morgan fingerprint density at radius 2 is 1.81 bits per heavy atom. The molecule has 6 nitrogen and oxygen atoms in total. The maximum absolute atomic E-state index is 12.0. The monoisotopic (exact) mass is 351 g/mol. The van der Waals surface area contributed by atoms with Gasteiger partial charge in [-0.3, -0.25) is 4.79 Å². The predicted molar refractivity (Wildman–Crippen MR) is 97.9 cm³/mol. The van der Waals surface area contributed by atoms with Gasteiger partial charge in [0, 0.05) is 18.5 Å². The molecule has 3 rings (SSSR count). The first-order valence-electron chi connectivity index (χ1n) is 8.47. The maximum Gasteiger partial charge on any atom is 0.257 e. The molecule has 3 aromatic rings. The lowest BCUT2D eigenvalue weighted by Crippen LogP contribution is -2.30. The van der Waals surface area contributed by atoms with Crippen LogP contribution in [0.3, 0.4) is 0 Å². The summed E-state index contributed by atoms with van der Waals surface area (Å²) in [4.78, 5) is 16.3. The fourth-order valence-corrected chi connectivity index (χ4v) is 2.59. The number of carbonyl (C=O) groups is 1. The van der Waals surface area contributed by atoms with Crippen molar-refractivity contribution >= 4 is 5.91 Å². The number of rotatable bonds is 7. The highest BCUT2D eigenvalue weighted by Crippen LogP contribution is 2.22. The van der Waals surface area contributed by atoms with Crippen LogP contribution in [0.25, 0.3) is 11.4 Å². The average Bonchev–Trinajstić information content (AvgIpc) is 3.11. The maximum atomic E-state index is 12.0. The van der Waals surface area contributed by atoms with Crippen molar-refractivity contribution in [1.82, 2.24) is 15.5 Å². The Labute approximate surface area is 152 Å². The number of hydrogen-bond acceptors (Lipinski definition) is 5. The van der Waals surface area contributed by atoms with Gasteiger partial charge in [0.1, 0.15) is 5.75 Å². The molecule has 26 heavy (non-hydrogen) atoms. The molecule has 0 unspecified atom stereocenters. The van der Waals surface area contributed by atoms with Crippen molar-refractivity contribution < 1.29 is 14.1 Å². The molecule has 2 aromatic carbocycles. The molecule has 0 atom stereocenters.